The van der Waals surface area contributed by atoms with Gasteiger partial charge in [-0.25, -0.2) is 9.97 Å². The van der Waals surface area contributed by atoms with Crippen LogP contribution in [0.3, 0.4) is 0 Å². The minimum Gasteiger partial charge on any atom is -0.350 e. The van der Waals surface area contributed by atoms with Crippen molar-refractivity contribution < 1.29 is 9.59 Å². The molecule has 0 spiro atoms. The summed E-state index contributed by atoms with van der Waals surface area (Å²) < 4.78 is 0. The second kappa shape index (κ2) is 8.88. The maximum atomic E-state index is 12.7. The average molecular weight is 388 g/mol. The van der Waals surface area contributed by atoms with Crippen molar-refractivity contribution in [2.75, 3.05) is 32.1 Å². The van der Waals surface area contributed by atoms with Crippen molar-refractivity contribution >= 4 is 17.8 Å². The molecule has 1 unspecified atom stereocenters. The summed E-state index contributed by atoms with van der Waals surface area (Å²) in [6.07, 6.45) is 7.99. The number of nitrogens with zero attached hydrogens (tertiary/aromatic N) is 4. The number of hydrogen-bond donors (Lipinski definition) is 1. The van der Waals surface area contributed by atoms with E-state index < -0.39 is 0 Å². The molecule has 0 aromatic carbocycles. The Balaban J connectivity index is 1.76. The fourth-order valence-electron chi connectivity index (χ4n) is 4.23. The standard InChI is InChI=1S/C21H33N5O2/c1-14(2)23-20(28)17-12-22-21(25(3)4)24-19(17)16-9-10-26(13-16)18(27)11-15-7-5-6-8-15/h12,14-16H,5-11,13H2,1-4H3,(H,23,28). The van der Waals surface area contributed by atoms with Crippen molar-refractivity contribution in [1.29, 1.82) is 0 Å². The summed E-state index contributed by atoms with van der Waals surface area (Å²) >= 11 is 0. The first-order chi connectivity index (χ1) is 13.3. The number of rotatable bonds is 6. The molecule has 154 valence electrons. The smallest absolute Gasteiger partial charge is 0.254 e. The molecule has 1 aromatic rings. The van der Waals surface area contributed by atoms with E-state index in [1.165, 1.54) is 25.7 Å². The van der Waals surface area contributed by atoms with Crippen LogP contribution in [0.5, 0.6) is 0 Å². The van der Waals surface area contributed by atoms with E-state index in [9.17, 15) is 9.59 Å². The molecule has 2 heterocycles. The van der Waals surface area contributed by atoms with Crippen molar-refractivity contribution in [3.05, 3.63) is 17.5 Å². The van der Waals surface area contributed by atoms with Gasteiger partial charge in [0.05, 0.1) is 11.3 Å². The number of likely N-dealkylation sites (tertiary alicyclic amines) is 1. The van der Waals surface area contributed by atoms with Crippen molar-refractivity contribution in [3.63, 3.8) is 0 Å². The molecule has 2 fully saturated rings. The molecule has 2 aliphatic rings. The molecule has 2 amide bonds. The Hall–Kier alpha value is -2.18. The highest BCUT2D eigenvalue weighted by Crippen LogP contribution is 2.32. The molecular weight excluding hydrogens is 354 g/mol. The monoisotopic (exact) mass is 387 g/mol. The van der Waals surface area contributed by atoms with Gasteiger partial charge in [-0.15, -0.1) is 0 Å². The van der Waals surface area contributed by atoms with E-state index in [-0.39, 0.29) is 23.8 Å². The van der Waals surface area contributed by atoms with Gasteiger partial charge in [-0.2, -0.15) is 0 Å². The van der Waals surface area contributed by atoms with Gasteiger partial charge in [-0.05, 0) is 39.0 Å². The van der Waals surface area contributed by atoms with Gasteiger partial charge in [0, 0.05) is 51.8 Å². The third-order valence-corrected chi connectivity index (χ3v) is 5.74. The van der Waals surface area contributed by atoms with Crippen LogP contribution in [0.1, 0.15) is 74.3 Å². The van der Waals surface area contributed by atoms with Crippen LogP contribution in [0.4, 0.5) is 5.95 Å². The largest absolute Gasteiger partial charge is 0.350 e. The van der Waals surface area contributed by atoms with Gasteiger partial charge in [0.1, 0.15) is 0 Å². The molecule has 3 rings (SSSR count). The van der Waals surface area contributed by atoms with Crippen molar-refractivity contribution in [1.82, 2.24) is 20.2 Å². The van der Waals surface area contributed by atoms with Crippen LogP contribution in [-0.2, 0) is 4.79 Å². The molecule has 1 atom stereocenters. The fourth-order valence-corrected chi connectivity index (χ4v) is 4.23. The number of nitrogens with one attached hydrogen (secondary N) is 1. The van der Waals surface area contributed by atoms with Crippen LogP contribution < -0.4 is 10.2 Å². The molecular formula is C21H33N5O2. The summed E-state index contributed by atoms with van der Waals surface area (Å²) in [6, 6.07) is 0.0435. The highest BCUT2D eigenvalue weighted by atomic mass is 16.2. The summed E-state index contributed by atoms with van der Waals surface area (Å²) in [4.78, 5) is 38.2. The lowest BCUT2D eigenvalue weighted by molar-refractivity contribution is -0.131. The lowest BCUT2D eigenvalue weighted by Crippen LogP contribution is -2.33. The molecule has 1 N–H and O–H groups in total. The summed E-state index contributed by atoms with van der Waals surface area (Å²) in [5.41, 5.74) is 1.28. The van der Waals surface area contributed by atoms with E-state index in [0.717, 1.165) is 18.7 Å². The van der Waals surface area contributed by atoms with Gasteiger partial charge < -0.3 is 15.1 Å². The molecule has 1 aliphatic heterocycles. The van der Waals surface area contributed by atoms with E-state index in [2.05, 4.69) is 10.3 Å². The van der Waals surface area contributed by atoms with Gasteiger partial charge in [-0.1, -0.05) is 12.8 Å². The van der Waals surface area contributed by atoms with Crippen LogP contribution in [0.25, 0.3) is 0 Å². The number of carbonyl (C=O) groups excluding carboxylic acids is 2. The normalized spacial score (nSPS) is 20.0. The second-order valence-electron chi connectivity index (χ2n) is 8.67. The van der Waals surface area contributed by atoms with Gasteiger partial charge in [-0.3, -0.25) is 9.59 Å². The number of carbonyl (C=O) groups is 2. The Morgan fingerprint density at radius 3 is 2.61 bits per heavy atom. The van der Waals surface area contributed by atoms with E-state index in [1.807, 2.05) is 37.7 Å². The first-order valence-electron chi connectivity index (χ1n) is 10.5. The molecule has 1 saturated carbocycles. The zero-order chi connectivity index (χ0) is 20.3. The first-order valence-corrected chi connectivity index (χ1v) is 10.5. The van der Waals surface area contributed by atoms with E-state index in [1.54, 1.807) is 6.20 Å². The molecule has 7 nitrogen and oxygen atoms in total. The highest BCUT2D eigenvalue weighted by Gasteiger charge is 2.33. The molecule has 28 heavy (non-hydrogen) atoms. The topological polar surface area (TPSA) is 78.4 Å². The van der Waals surface area contributed by atoms with Gasteiger partial charge in [0.15, 0.2) is 0 Å². The van der Waals surface area contributed by atoms with E-state index in [4.69, 9.17) is 4.98 Å². The maximum absolute atomic E-state index is 12.7. The number of amides is 2. The zero-order valence-corrected chi connectivity index (χ0v) is 17.6. The molecule has 0 radical (unpaired) electrons. The summed E-state index contributed by atoms with van der Waals surface area (Å²) in [5, 5.41) is 2.94. The second-order valence-corrected chi connectivity index (χ2v) is 8.67. The minimum absolute atomic E-state index is 0.0435. The van der Waals surface area contributed by atoms with Crippen molar-refractivity contribution in [2.24, 2.45) is 5.92 Å². The molecule has 1 aromatic heterocycles. The van der Waals surface area contributed by atoms with Crippen LogP contribution in [-0.4, -0.2) is 59.9 Å². The third-order valence-electron chi connectivity index (χ3n) is 5.74. The van der Waals surface area contributed by atoms with Gasteiger partial charge in [0.25, 0.3) is 5.91 Å². The molecule has 7 heteroatoms. The Bertz CT molecular complexity index is 713. The molecule has 1 saturated heterocycles. The van der Waals surface area contributed by atoms with Crippen molar-refractivity contribution in [2.45, 2.75) is 64.3 Å². The van der Waals surface area contributed by atoms with E-state index >= 15 is 0 Å². The van der Waals surface area contributed by atoms with Crippen molar-refractivity contribution in [3.8, 4) is 0 Å². The Morgan fingerprint density at radius 2 is 1.96 bits per heavy atom. The highest BCUT2D eigenvalue weighted by molar-refractivity contribution is 5.95. The predicted octanol–water partition coefficient (Wildman–Crippen LogP) is 2.58. The van der Waals surface area contributed by atoms with Gasteiger partial charge >= 0.3 is 0 Å². The molecule has 0 bridgehead atoms. The van der Waals surface area contributed by atoms with E-state index in [0.29, 0.717) is 30.4 Å². The third kappa shape index (κ3) is 4.80. The van der Waals surface area contributed by atoms with Crippen LogP contribution in [0, 0.1) is 5.92 Å². The quantitative estimate of drug-likeness (QED) is 0.812. The lowest BCUT2D eigenvalue weighted by Gasteiger charge is -2.20. The summed E-state index contributed by atoms with van der Waals surface area (Å²) in [5.74, 6) is 1.32. The Morgan fingerprint density at radius 1 is 1.25 bits per heavy atom. The van der Waals surface area contributed by atoms with Crippen LogP contribution in [0.15, 0.2) is 6.20 Å². The fraction of sp³-hybridized carbons (Fsp3) is 0.714. The van der Waals surface area contributed by atoms with Gasteiger partial charge in [0.2, 0.25) is 11.9 Å². The number of hydrogen-bond acceptors (Lipinski definition) is 5. The average Bonchev–Trinajstić information content (AvgIpc) is 3.32. The van der Waals surface area contributed by atoms with Crippen LogP contribution in [0.2, 0.25) is 0 Å². The maximum Gasteiger partial charge on any atom is 0.254 e. The SMILES string of the molecule is CC(C)NC(=O)c1cnc(N(C)C)nc1C1CCN(C(=O)CC2CCCC2)C1. The Labute approximate surface area is 167 Å². The zero-order valence-electron chi connectivity index (χ0n) is 17.6. The first kappa shape index (κ1) is 20.6. The summed E-state index contributed by atoms with van der Waals surface area (Å²) in [6.45, 7) is 5.25. The lowest BCUT2D eigenvalue weighted by atomic mass is 9.99. The molecule has 1 aliphatic carbocycles. The Kier molecular flexibility index (Phi) is 6.52. The number of aromatic nitrogens is 2. The number of anilines is 1. The van der Waals surface area contributed by atoms with Crippen LogP contribution >= 0.6 is 0 Å². The predicted molar refractivity (Wildman–Crippen MR) is 109 cm³/mol. The minimum atomic E-state index is -0.147. The summed E-state index contributed by atoms with van der Waals surface area (Å²) in [7, 11) is 3.78.